The summed E-state index contributed by atoms with van der Waals surface area (Å²) < 4.78 is 41.2. The lowest BCUT2D eigenvalue weighted by molar-refractivity contribution is -0.137. The minimum absolute atomic E-state index is 0.157. The number of alkyl halides is 3. The fraction of sp³-hybridized carbons (Fsp3) is 0.455. The van der Waals surface area contributed by atoms with Crippen LogP contribution >= 0.6 is 12.8 Å². The highest BCUT2D eigenvalue weighted by Gasteiger charge is 2.35. The van der Waals surface area contributed by atoms with Crippen molar-refractivity contribution in [3.05, 3.63) is 53.9 Å². The largest absolute Gasteiger partial charge is 0.416 e. The molecule has 30 heavy (non-hydrogen) atoms. The molecule has 2 aromatic rings. The second-order valence-electron chi connectivity index (χ2n) is 8.09. The predicted octanol–water partition coefficient (Wildman–Crippen LogP) is 5.61. The summed E-state index contributed by atoms with van der Waals surface area (Å²) in [5.41, 5.74) is 0.290. The van der Waals surface area contributed by atoms with Crippen molar-refractivity contribution in [2.45, 2.75) is 38.3 Å². The number of thiol groups is 1. The zero-order valence-electron chi connectivity index (χ0n) is 16.5. The van der Waals surface area contributed by atoms with Gasteiger partial charge in [-0.25, -0.2) is 0 Å². The third-order valence-corrected chi connectivity index (χ3v) is 6.68. The van der Waals surface area contributed by atoms with Crippen LogP contribution < -0.4 is 9.21 Å². The first kappa shape index (κ1) is 21.0. The van der Waals surface area contributed by atoms with E-state index in [1.807, 2.05) is 0 Å². The molecule has 2 heterocycles. The molecule has 1 amide bonds. The van der Waals surface area contributed by atoms with Gasteiger partial charge in [0, 0.05) is 31.0 Å². The summed E-state index contributed by atoms with van der Waals surface area (Å²) in [6, 6.07) is 6.63. The normalized spacial score (nSPS) is 21.8. The number of halogens is 3. The number of benzene rings is 1. The molecule has 1 aliphatic heterocycles. The first-order chi connectivity index (χ1) is 14.3. The number of carbonyl (C=O) groups is 1. The molecule has 1 aromatic heterocycles. The third kappa shape index (κ3) is 4.29. The maximum absolute atomic E-state index is 13.4. The van der Waals surface area contributed by atoms with E-state index in [1.165, 1.54) is 49.9 Å². The van der Waals surface area contributed by atoms with Crippen molar-refractivity contribution in [3.63, 3.8) is 0 Å². The Hall–Kier alpha value is -2.22. The number of piperidine rings is 1. The van der Waals surface area contributed by atoms with Crippen molar-refractivity contribution < 1.29 is 18.0 Å². The zero-order chi connectivity index (χ0) is 21.3. The van der Waals surface area contributed by atoms with Gasteiger partial charge in [0.05, 0.1) is 16.9 Å². The molecule has 2 unspecified atom stereocenters. The second-order valence-corrected chi connectivity index (χ2v) is 8.49. The number of amides is 1. The summed E-state index contributed by atoms with van der Waals surface area (Å²) in [5.74, 6) is 0.749. The van der Waals surface area contributed by atoms with Crippen LogP contribution in [0.15, 0.2) is 42.7 Å². The number of hydrogen-bond acceptors (Lipinski definition) is 4. The van der Waals surface area contributed by atoms with Crippen LogP contribution in [0, 0.1) is 11.8 Å². The summed E-state index contributed by atoms with van der Waals surface area (Å²) in [4.78, 5) is 18.9. The monoisotopic (exact) mass is 435 g/mol. The fourth-order valence-corrected chi connectivity index (χ4v) is 4.96. The maximum atomic E-state index is 13.4. The minimum Gasteiger partial charge on any atom is -0.370 e. The van der Waals surface area contributed by atoms with Crippen LogP contribution in [-0.2, 0) is 6.18 Å². The van der Waals surface area contributed by atoms with Crippen LogP contribution in [0.2, 0.25) is 0 Å². The molecule has 1 saturated carbocycles. The number of fused-ring (bicyclic) bond motifs is 1. The van der Waals surface area contributed by atoms with Gasteiger partial charge in [-0.05, 0) is 55.0 Å². The molecule has 4 nitrogen and oxygen atoms in total. The van der Waals surface area contributed by atoms with Crippen LogP contribution in [0.5, 0.6) is 0 Å². The Morgan fingerprint density at radius 2 is 1.77 bits per heavy atom. The number of rotatable bonds is 3. The van der Waals surface area contributed by atoms with Gasteiger partial charge in [0.1, 0.15) is 0 Å². The van der Waals surface area contributed by atoms with E-state index in [0.29, 0.717) is 23.1 Å². The summed E-state index contributed by atoms with van der Waals surface area (Å²) >= 11 is 4.32. The molecule has 1 saturated heterocycles. The van der Waals surface area contributed by atoms with Crippen LogP contribution in [0.4, 0.5) is 24.5 Å². The molecule has 4 rings (SSSR count). The van der Waals surface area contributed by atoms with E-state index in [9.17, 15) is 18.0 Å². The fourth-order valence-electron chi connectivity index (χ4n) is 4.68. The molecule has 0 radical (unpaired) electrons. The zero-order valence-corrected chi connectivity index (χ0v) is 17.4. The molecule has 8 heteroatoms. The van der Waals surface area contributed by atoms with Crippen LogP contribution in [0.25, 0.3) is 0 Å². The first-order valence-electron chi connectivity index (χ1n) is 10.2. The van der Waals surface area contributed by atoms with Crippen molar-refractivity contribution in [1.29, 1.82) is 0 Å². The maximum Gasteiger partial charge on any atom is 0.416 e. The summed E-state index contributed by atoms with van der Waals surface area (Å²) in [7, 11) is 0. The van der Waals surface area contributed by atoms with Gasteiger partial charge in [-0.2, -0.15) is 13.2 Å². The smallest absolute Gasteiger partial charge is 0.370 e. The second kappa shape index (κ2) is 8.49. The van der Waals surface area contributed by atoms with E-state index in [0.717, 1.165) is 42.4 Å². The average Bonchev–Trinajstić information content (AvgIpc) is 2.77. The number of aromatic nitrogens is 1. The van der Waals surface area contributed by atoms with E-state index in [1.54, 1.807) is 0 Å². The molecule has 160 valence electrons. The highest BCUT2D eigenvalue weighted by Crippen LogP contribution is 2.42. The quantitative estimate of drug-likeness (QED) is 0.637. The number of pyridine rings is 1. The van der Waals surface area contributed by atoms with Crippen LogP contribution in [0.1, 0.15) is 48.0 Å². The van der Waals surface area contributed by atoms with Gasteiger partial charge >= 0.3 is 6.18 Å². The third-order valence-electron chi connectivity index (χ3n) is 6.28. The van der Waals surface area contributed by atoms with Crippen molar-refractivity contribution in [1.82, 2.24) is 4.98 Å². The van der Waals surface area contributed by atoms with E-state index >= 15 is 0 Å². The first-order valence-corrected chi connectivity index (χ1v) is 10.6. The average molecular weight is 436 g/mol. The molecule has 0 spiro atoms. The Morgan fingerprint density at radius 3 is 2.47 bits per heavy atom. The molecule has 2 fully saturated rings. The number of anilines is 2. The molecule has 2 atom stereocenters. The SMILES string of the molecule is O=C(c1ccncc1)N(S)c1cc(C(F)(F)F)ccc1N1CCC2CCCCC2C1. The van der Waals surface area contributed by atoms with Gasteiger partial charge in [0.25, 0.3) is 5.91 Å². The minimum atomic E-state index is -4.50. The van der Waals surface area contributed by atoms with Crippen molar-refractivity contribution in [2.24, 2.45) is 11.8 Å². The van der Waals surface area contributed by atoms with Gasteiger partial charge in [-0.15, -0.1) is 0 Å². The number of hydrogen-bond donors (Lipinski definition) is 1. The summed E-state index contributed by atoms with van der Waals surface area (Å²) in [6.07, 6.45) is 4.31. The molecule has 1 aliphatic carbocycles. The molecule has 2 aliphatic rings. The number of nitrogens with zero attached hydrogens (tertiary/aromatic N) is 3. The van der Waals surface area contributed by atoms with Gasteiger partial charge < -0.3 is 4.90 Å². The van der Waals surface area contributed by atoms with Crippen molar-refractivity contribution >= 4 is 30.1 Å². The summed E-state index contributed by atoms with van der Waals surface area (Å²) in [5, 5.41) is 0. The molecule has 0 bridgehead atoms. The van der Waals surface area contributed by atoms with E-state index in [-0.39, 0.29) is 5.69 Å². The lowest BCUT2D eigenvalue weighted by Crippen LogP contribution is -2.42. The van der Waals surface area contributed by atoms with Crippen LogP contribution in [0.3, 0.4) is 0 Å². The van der Waals surface area contributed by atoms with Crippen molar-refractivity contribution in [3.8, 4) is 0 Å². The lowest BCUT2D eigenvalue weighted by atomic mass is 9.75. The molecule has 1 aromatic carbocycles. The Labute approximate surface area is 179 Å². The van der Waals surface area contributed by atoms with Gasteiger partial charge in [0.2, 0.25) is 0 Å². The Morgan fingerprint density at radius 1 is 1.07 bits per heavy atom. The summed E-state index contributed by atoms with van der Waals surface area (Å²) in [6.45, 7) is 1.57. The molecule has 0 N–H and O–H groups in total. The molecular formula is C22H24F3N3OS. The number of carbonyl (C=O) groups excluding carboxylic acids is 1. The topological polar surface area (TPSA) is 36.4 Å². The van der Waals surface area contributed by atoms with E-state index < -0.39 is 17.6 Å². The highest BCUT2D eigenvalue weighted by atomic mass is 32.1. The highest BCUT2D eigenvalue weighted by molar-refractivity contribution is 7.82. The Kier molecular flexibility index (Phi) is 5.95. The Bertz CT molecular complexity index is 906. The molecular weight excluding hydrogens is 411 g/mol. The van der Waals surface area contributed by atoms with Gasteiger partial charge in [0.15, 0.2) is 0 Å². The van der Waals surface area contributed by atoms with E-state index in [2.05, 4.69) is 22.7 Å². The standard InChI is InChI=1S/C22H24F3N3OS/c23-22(24,25)18-5-6-19(27-12-9-15-3-1-2-4-17(15)14-27)20(13-18)28(30)21(29)16-7-10-26-11-8-16/h5-8,10-11,13,15,17,30H,1-4,9,12,14H2. The Balaban J connectivity index is 1.69. The lowest BCUT2D eigenvalue weighted by Gasteiger charge is -2.43. The van der Waals surface area contributed by atoms with E-state index in [4.69, 9.17) is 0 Å². The predicted molar refractivity (Wildman–Crippen MR) is 114 cm³/mol. The van der Waals surface area contributed by atoms with Crippen molar-refractivity contribution in [2.75, 3.05) is 22.3 Å². The van der Waals surface area contributed by atoms with Gasteiger partial charge in [-0.3, -0.25) is 14.1 Å². The van der Waals surface area contributed by atoms with Crippen LogP contribution in [-0.4, -0.2) is 24.0 Å². The van der Waals surface area contributed by atoms with Gasteiger partial charge in [-0.1, -0.05) is 32.1 Å².